The fourth-order valence-electron chi connectivity index (χ4n) is 3.47. The van der Waals surface area contributed by atoms with Crippen molar-refractivity contribution in [1.29, 1.82) is 0 Å². The Morgan fingerprint density at radius 2 is 2.00 bits per heavy atom. The van der Waals surface area contributed by atoms with Gasteiger partial charge in [-0.2, -0.15) is 0 Å². The fraction of sp³-hybridized carbons (Fsp3) is 0.176. The van der Waals surface area contributed by atoms with Gasteiger partial charge in [-0.1, -0.05) is 18.2 Å². The number of benzene rings is 2. The number of aliphatic imine (C=N–C) groups is 1. The zero-order chi connectivity index (χ0) is 14.7. The zero-order valence-electron chi connectivity index (χ0n) is 11.6. The quantitative estimate of drug-likeness (QED) is 0.811. The molecule has 1 N–H and O–H groups in total. The number of nitrogens with one attached hydrogen (secondary N) is 1. The van der Waals surface area contributed by atoms with Crippen molar-refractivity contribution in [3.05, 3.63) is 47.5 Å². The van der Waals surface area contributed by atoms with Gasteiger partial charge in [-0.05, 0) is 17.7 Å². The summed E-state index contributed by atoms with van der Waals surface area (Å²) in [6.45, 7) is 0.762. The molecule has 5 heteroatoms. The summed E-state index contributed by atoms with van der Waals surface area (Å²) in [7, 11) is 0. The van der Waals surface area contributed by atoms with Crippen LogP contribution in [0.15, 0.2) is 41.4 Å². The van der Waals surface area contributed by atoms with Crippen LogP contribution in [0.1, 0.15) is 11.1 Å². The highest BCUT2D eigenvalue weighted by molar-refractivity contribution is 6.10. The topological polar surface area (TPSA) is 59.9 Å². The van der Waals surface area contributed by atoms with E-state index in [0.29, 0.717) is 24.7 Å². The second-order valence-electron chi connectivity index (χ2n) is 5.63. The maximum absolute atomic E-state index is 12.7. The summed E-state index contributed by atoms with van der Waals surface area (Å²) >= 11 is 0. The Hall–Kier alpha value is -2.82. The van der Waals surface area contributed by atoms with E-state index >= 15 is 0 Å². The molecular formula is C17H12N2O3. The van der Waals surface area contributed by atoms with E-state index in [9.17, 15) is 4.79 Å². The van der Waals surface area contributed by atoms with Crippen LogP contribution in [0, 0.1) is 0 Å². The van der Waals surface area contributed by atoms with E-state index in [0.717, 1.165) is 22.5 Å². The second-order valence-corrected chi connectivity index (χ2v) is 5.63. The smallest absolute Gasteiger partial charge is 0.243 e. The average Bonchev–Trinajstić information content (AvgIpc) is 3.06. The lowest BCUT2D eigenvalue weighted by atomic mass is 9.77. The van der Waals surface area contributed by atoms with Crippen LogP contribution in [-0.2, 0) is 10.2 Å². The number of anilines is 1. The molecule has 5 nitrogen and oxygen atoms in total. The molecule has 1 amide bonds. The van der Waals surface area contributed by atoms with Gasteiger partial charge in [0.2, 0.25) is 5.91 Å². The lowest BCUT2D eigenvalue weighted by Crippen LogP contribution is -2.37. The molecule has 0 radical (unpaired) electrons. The summed E-state index contributed by atoms with van der Waals surface area (Å²) in [5.74, 6) is 1.35. The Bertz CT molecular complexity index is 859. The van der Waals surface area contributed by atoms with Gasteiger partial charge < -0.3 is 14.8 Å². The molecule has 0 saturated carbocycles. The summed E-state index contributed by atoms with van der Waals surface area (Å²) < 4.78 is 11.4. The number of hydrogen-bond donors (Lipinski definition) is 1. The van der Waals surface area contributed by atoms with E-state index in [1.54, 1.807) is 6.21 Å². The van der Waals surface area contributed by atoms with Gasteiger partial charge in [0, 0.05) is 23.5 Å². The molecule has 1 spiro atoms. The molecular weight excluding hydrogens is 280 g/mol. The molecule has 5 rings (SSSR count). The van der Waals surface area contributed by atoms with E-state index < -0.39 is 5.41 Å². The van der Waals surface area contributed by atoms with Crippen LogP contribution in [0.4, 0.5) is 11.4 Å². The van der Waals surface area contributed by atoms with Gasteiger partial charge >= 0.3 is 0 Å². The molecule has 1 unspecified atom stereocenters. The number of carbonyl (C=O) groups is 1. The average molecular weight is 292 g/mol. The Kier molecular flexibility index (Phi) is 2.08. The van der Waals surface area contributed by atoms with E-state index in [4.69, 9.17) is 9.47 Å². The molecule has 3 aliphatic rings. The van der Waals surface area contributed by atoms with Crippen LogP contribution in [0.3, 0.4) is 0 Å². The summed E-state index contributed by atoms with van der Waals surface area (Å²) in [4.78, 5) is 17.1. The highest BCUT2D eigenvalue weighted by Gasteiger charge is 2.54. The third-order valence-corrected chi connectivity index (χ3v) is 4.53. The number of rotatable bonds is 0. The third kappa shape index (κ3) is 1.28. The first-order valence-electron chi connectivity index (χ1n) is 7.17. The van der Waals surface area contributed by atoms with E-state index in [2.05, 4.69) is 10.3 Å². The van der Waals surface area contributed by atoms with Gasteiger partial charge in [0.05, 0.1) is 0 Å². The van der Waals surface area contributed by atoms with Crippen LogP contribution < -0.4 is 14.8 Å². The predicted octanol–water partition coefficient (Wildman–Crippen LogP) is 2.41. The number of nitrogens with zero attached hydrogens (tertiary/aromatic N) is 1. The number of hydrogen-bond acceptors (Lipinski definition) is 4. The largest absolute Gasteiger partial charge is 0.491 e. The summed E-state index contributed by atoms with van der Waals surface area (Å²) in [5.41, 5.74) is 2.62. The maximum atomic E-state index is 12.7. The predicted molar refractivity (Wildman–Crippen MR) is 81.4 cm³/mol. The van der Waals surface area contributed by atoms with Gasteiger partial charge in [-0.3, -0.25) is 9.79 Å². The van der Waals surface area contributed by atoms with Gasteiger partial charge in [0.25, 0.3) is 0 Å². The van der Waals surface area contributed by atoms with Gasteiger partial charge in [-0.25, -0.2) is 0 Å². The van der Waals surface area contributed by atoms with Gasteiger partial charge in [0.1, 0.15) is 35.8 Å². The van der Waals surface area contributed by atoms with Crippen molar-refractivity contribution in [1.82, 2.24) is 0 Å². The van der Waals surface area contributed by atoms with Crippen molar-refractivity contribution in [3.63, 3.8) is 0 Å². The number of amides is 1. The minimum atomic E-state index is -0.784. The number of ether oxygens (including phenoxy) is 2. The van der Waals surface area contributed by atoms with E-state index in [-0.39, 0.29) is 5.91 Å². The highest BCUT2D eigenvalue weighted by atomic mass is 16.5. The maximum Gasteiger partial charge on any atom is 0.243 e. The summed E-state index contributed by atoms with van der Waals surface area (Å²) in [6.07, 6.45) is 1.72. The Morgan fingerprint density at radius 1 is 1.09 bits per heavy atom. The normalized spacial score (nSPS) is 23.4. The van der Waals surface area contributed by atoms with Crippen molar-refractivity contribution in [2.75, 3.05) is 18.5 Å². The first kappa shape index (κ1) is 11.8. The van der Waals surface area contributed by atoms with Crippen molar-refractivity contribution in [3.8, 4) is 11.5 Å². The number of carbonyl (C=O) groups excluding carboxylic acids is 1. The molecule has 0 fully saturated rings. The van der Waals surface area contributed by atoms with E-state index in [1.165, 1.54) is 0 Å². The van der Waals surface area contributed by atoms with Gasteiger partial charge in [0.15, 0.2) is 0 Å². The molecule has 108 valence electrons. The lowest BCUT2D eigenvalue weighted by Gasteiger charge is -2.21. The minimum Gasteiger partial charge on any atom is -0.491 e. The first-order valence-corrected chi connectivity index (χ1v) is 7.17. The van der Waals surface area contributed by atoms with Crippen LogP contribution in [0.5, 0.6) is 11.5 Å². The summed E-state index contributed by atoms with van der Waals surface area (Å²) in [5, 5.41) is 2.96. The zero-order valence-corrected chi connectivity index (χ0v) is 11.6. The molecule has 22 heavy (non-hydrogen) atoms. The third-order valence-electron chi connectivity index (χ3n) is 4.53. The highest BCUT2D eigenvalue weighted by Crippen LogP contribution is 2.52. The Morgan fingerprint density at radius 3 is 2.95 bits per heavy atom. The molecule has 0 aromatic heterocycles. The lowest BCUT2D eigenvalue weighted by molar-refractivity contribution is -0.119. The standard InChI is InChI=1S/C17H12N2O3/c20-16-17(10-3-1-2-4-12(10)19-16)9-22-14-8-15-13(7-11(14)17)18-5-6-21-15/h1-5,7-8H,6,9H2,(H,19,20). The first-order chi connectivity index (χ1) is 10.8. The molecule has 2 aromatic carbocycles. The Balaban J connectivity index is 1.78. The Labute approximate surface area is 126 Å². The van der Waals surface area contributed by atoms with Crippen LogP contribution in [-0.4, -0.2) is 25.3 Å². The summed E-state index contributed by atoms with van der Waals surface area (Å²) in [6, 6.07) is 11.5. The van der Waals surface area contributed by atoms with Crippen molar-refractivity contribution >= 4 is 23.5 Å². The fourth-order valence-corrected chi connectivity index (χ4v) is 3.47. The number of para-hydroxylation sites is 1. The molecule has 0 bridgehead atoms. The molecule has 1 atom stereocenters. The van der Waals surface area contributed by atoms with Crippen molar-refractivity contribution in [2.45, 2.75) is 5.41 Å². The van der Waals surface area contributed by atoms with Crippen molar-refractivity contribution < 1.29 is 14.3 Å². The molecule has 3 aliphatic heterocycles. The minimum absolute atomic E-state index is 0.0480. The van der Waals surface area contributed by atoms with Crippen LogP contribution in [0.2, 0.25) is 0 Å². The second kappa shape index (κ2) is 3.88. The molecule has 3 heterocycles. The SMILES string of the molecule is O=C1Nc2ccccc2C12COc1cc3c(cc12)N=CCO3. The molecule has 0 saturated heterocycles. The van der Waals surface area contributed by atoms with Crippen LogP contribution >= 0.6 is 0 Å². The monoisotopic (exact) mass is 292 g/mol. The van der Waals surface area contributed by atoms with Crippen molar-refractivity contribution in [2.24, 2.45) is 4.99 Å². The molecule has 2 aromatic rings. The van der Waals surface area contributed by atoms with Gasteiger partial charge in [-0.15, -0.1) is 0 Å². The number of fused-ring (bicyclic) bond motifs is 5. The van der Waals surface area contributed by atoms with Crippen LogP contribution in [0.25, 0.3) is 0 Å². The van der Waals surface area contributed by atoms with E-state index in [1.807, 2.05) is 36.4 Å². The molecule has 0 aliphatic carbocycles.